The van der Waals surface area contributed by atoms with Crippen molar-refractivity contribution in [2.45, 2.75) is 32.4 Å². The van der Waals surface area contributed by atoms with Gasteiger partial charge in [0.25, 0.3) is 0 Å². The molecule has 0 aliphatic rings. The third-order valence-corrected chi connectivity index (χ3v) is 1.76. The molecule has 88 valence electrons. The van der Waals surface area contributed by atoms with Gasteiger partial charge in [0, 0.05) is 5.75 Å². The van der Waals surface area contributed by atoms with Gasteiger partial charge in [-0.25, -0.2) is 0 Å². The maximum atomic E-state index is 11.2. The molecule has 0 aromatic heterocycles. The van der Waals surface area contributed by atoms with Gasteiger partial charge in [-0.1, -0.05) is 0 Å². The van der Waals surface area contributed by atoms with Crippen LogP contribution in [0.1, 0.15) is 20.8 Å². The van der Waals surface area contributed by atoms with Crippen molar-refractivity contribution in [3.05, 3.63) is 0 Å². The molecule has 6 heteroatoms. The van der Waals surface area contributed by atoms with E-state index in [2.05, 4.69) is 17.9 Å². The summed E-state index contributed by atoms with van der Waals surface area (Å²) in [6.07, 6.45) is 0. The van der Waals surface area contributed by atoms with E-state index in [1.165, 1.54) is 0 Å². The first kappa shape index (κ1) is 14.2. The van der Waals surface area contributed by atoms with E-state index in [4.69, 9.17) is 9.84 Å². The van der Waals surface area contributed by atoms with Crippen LogP contribution in [0.15, 0.2) is 0 Å². The van der Waals surface area contributed by atoms with Crippen LogP contribution in [0, 0.1) is 0 Å². The molecule has 0 saturated heterocycles. The Morgan fingerprint density at radius 1 is 1.47 bits per heavy atom. The van der Waals surface area contributed by atoms with Gasteiger partial charge in [0.1, 0.15) is 11.6 Å². The third-order valence-electron chi connectivity index (χ3n) is 1.39. The van der Waals surface area contributed by atoms with Crippen LogP contribution in [-0.4, -0.2) is 41.0 Å². The molecule has 0 heterocycles. The minimum absolute atomic E-state index is 0.123. The highest BCUT2D eigenvalue weighted by Crippen LogP contribution is 2.06. The van der Waals surface area contributed by atoms with Gasteiger partial charge in [-0.05, 0) is 20.8 Å². The van der Waals surface area contributed by atoms with Crippen LogP contribution in [0.4, 0.5) is 0 Å². The first-order valence-electron chi connectivity index (χ1n) is 4.55. The molecule has 0 aromatic rings. The quantitative estimate of drug-likeness (QED) is 0.472. The number of carbonyl (C=O) groups excluding carboxylic acids is 1. The summed E-state index contributed by atoms with van der Waals surface area (Å²) in [5.41, 5.74) is -0.557. The van der Waals surface area contributed by atoms with Gasteiger partial charge in [-0.3, -0.25) is 14.9 Å². The second-order valence-corrected chi connectivity index (χ2v) is 4.41. The summed E-state index contributed by atoms with van der Waals surface area (Å²) < 4.78 is 4.99. The van der Waals surface area contributed by atoms with Gasteiger partial charge >= 0.3 is 11.9 Å². The molecule has 5 nitrogen and oxygen atoms in total. The Balaban J connectivity index is 3.94. The van der Waals surface area contributed by atoms with Gasteiger partial charge in [0.2, 0.25) is 0 Å². The van der Waals surface area contributed by atoms with Crippen LogP contribution in [-0.2, 0) is 14.3 Å². The van der Waals surface area contributed by atoms with E-state index in [1.54, 1.807) is 20.8 Å². The van der Waals surface area contributed by atoms with Crippen LogP contribution in [0.5, 0.6) is 0 Å². The number of aliphatic carboxylic acids is 1. The summed E-state index contributed by atoms with van der Waals surface area (Å²) in [5, 5.41) is 11.2. The fourth-order valence-electron chi connectivity index (χ4n) is 0.814. The van der Waals surface area contributed by atoms with Gasteiger partial charge in [0.05, 0.1) is 6.54 Å². The molecule has 0 radical (unpaired) electrons. The Kier molecular flexibility index (Phi) is 5.67. The first-order valence-corrected chi connectivity index (χ1v) is 5.18. The van der Waals surface area contributed by atoms with E-state index in [-0.39, 0.29) is 12.3 Å². The van der Waals surface area contributed by atoms with Gasteiger partial charge < -0.3 is 9.84 Å². The number of hydrogen-bond donors (Lipinski definition) is 3. The van der Waals surface area contributed by atoms with E-state index in [0.29, 0.717) is 0 Å². The number of carboxylic acid groups (broad SMARTS) is 1. The Hall–Kier alpha value is -0.750. The van der Waals surface area contributed by atoms with E-state index >= 15 is 0 Å². The number of thiol groups is 1. The highest BCUT2D eigenvalue weighted by atomic mass is 32.1. The van der Waals surface area contributed by atoms with E-state index < -0.39 is 23.6 Å². The molecule has 0 amide bonds. The number of nitrogens with one attached hydrogen (secondary N) is 1. The zero-order valence-electron chi connectivity index (χ0n) is 9.11. The summed E-state index contributed by atoms with van der Waals surface area (Å²) >= 11 is 3.85. The second kappa shape index (κ2) is 5.97. The summed E-state index contributed by atoms with van der Waals surface area (Å²) in [6, 6.07) is -0.833. The predicted molar refractivity (Wildman–Crippen MR) is 59.1 cm³/mol. The fraction of sp³-hybridized carbons (Fsp3) is 0.778. The fourth-order valence-corrected chi connectivity index (χ4v) is 1.10. The van der Waals surface area contributed by atoms with Crippen molar-refractivity contribution < 1.29 is 19.4 Å². The number of carboxylic acids is 1. The Labute approximate surface area is 94.6 Å². The zero-order chi connectivity index (χ0) is 12.1. The molecule has 15 heavy (non-hydrogen) atoms. The summed E-state index contributed by atoms with van der Waals surface area (Å²) in [5.74, 6) is -1.39. The monoisotopic (exact) mass is 235 g/mol. The molecule has 2 N–H and O–H groups in total. The van der Waals surface area contributed by atoms with Crippen molar-refractivity contribution in [3.63, 3.8) is 0 Å². The van der Waals surface area contributed by atoms with E-state index in [0.717, 1.165) is 0 Å². The van der Waals surface area contributed by atoms with Gasteiger partial charge in [0.15, 0.2) is 0 Å². The van der Waals surface area contributed by atoms with Crippen molar-refractivity contribution in [3.8, 4) is 0 Å². The zero-order valence-corrected chi connectivity index (χ0v) is 10.0. The van der Waals surface area contributed by atoms with Gasteiger partial charge in [-0.2, -0.15) is 12.6 Å². The molecule has 0 aromatic carbocycles. The Morgan fingerprint density at radius 2 is 2.00 bits per heavy atom. The summed E-state index contributed by atoms with van der Waals surface area (Å²) in [4.78, 5) is 21.8. The van der Waals surface area contributed by atoms with Crippen molar-refractivity contribution in [1.29, 1.82) is 0 Å². The van der Waals surface area contributed by atoms with Crippen molar-refractivity contribution in [2.75, 3.05) is 12.3 Å². The maximum Gasteiger partial charge on any atom is 0.321 e. The smallest absolute Gasteiger partial charge is 0.321 e. The maximum absolute atomic E-state index is 11.2. The molecule has 0 saturated carbocycles. The second-order valence-electron chi connectivity index (χ2n) is 4.04. The number of ether oxygens (including phenoxy) is 1. The lowest BCUT2D eigenvalue weighted by atomic mass is 10.2. The van der Waals surface area contributed by atoms with Crippen molar-refractivity contribution in [2.24, 2.45) is 0 Å². The van der Waals surface area contributed by atoms with Crippen molar-refractivity contribution >= 4 is 24.6 Å². The average molecular weight is 235 g/mol. The Bertz CT molecular complexity index is 237. The largest absolute Gasteiger partial charge is 0.480 e. The topological polar surface area (TPSA) is 75.6 Å². The lowest BCUT2D eigenvalue weighted by Crippen LogP contribution is -2.42. The van der Waals surface area contributed by atoms with Crippen LogP contribution in [0.25, 0.3) is 0 Å². The van der Waals surface area contributed by atoms with Gasteiger partial charge in [-0.15, -0.1) is 0 Å². The van der Waals surface area contributed by atoms with Crippen LogP contribution in [0.3, 0.4) is 0 Å². The molecule has 0 rings (SSSR count). The summed E-state index contributed by atoms with van der Waals surface area (Å²) in [6.45, 7) is 5.11. The molecule has 0 fully saturated rings. The first-order chi connectivity index (χ1) is 6.76. The average Bonchev–Trinajstić information content (AvgIpc) is 2.01. The predicted octanol–water partition coefficient (Wildman–Crippen LogP) is 0.301. The summed E-state index contributed by atoms with van der Waals surface area (Å²) in [7, 11) is 0. The molecular formula is C9H17NO4S. The number of carbonyl (C=O) groups is 2. The number of esters is 1. The lowest BCUT2D eigenvalue weighted by molar-refractivity contribution is -0.153. The molecule has 0 unspecified atom stereocenters. The molecule has 0 aliphatic carbocycles. The molecular weight excluding hydrogens is 218 g/mol. The highest BCUT2D eigenvalue weighted by Gasteiger charge is 2.19. The van der Waals surface area contributed by atoms with Crippen LogP contribution >= 0.6 is 12.6 Å². The minimum Gasteiger partial charge on any atom is -0.480 e. The minimum atomic E-state index is -1.03. The number of rotatable bonds is 5. The van der Waals surface area contributed by atoms with Crippen molar-refractivity contribution in [1.82, 2.24) is 5.32 Å². The van der Waals surface area contributed by atoms with Crippen LogP contribution in [0.2, 0.25) is 0 Å². The third kappa shape index (κ3) is 7.21. The highest BCUT2D eigenvalue weighted by molar-refractivity contribution is 7.80. The SMILES string of the molecule is CC(C)(C)OC(=O)CN[C@@H](CS)C(=O)O. The normalized spacial score (nSPS) is 13.3. The molecule has 0 bridgehead atoms. The van der Waals surface area contributed by atoms with E-state index in [1.807, 2.05) is 0 Å². The molecule has 0 aliphatic heterocycles. The molecule has 1 atom stereocenters. The van der Waals surface area contributed by atoms with E-state index in [9.17, 15) is 9.59 Å². The number of hydrogen-bond acceptors (Lipinski definition) is 5. The van der Waals surface area contributed by atoms with Crippen LogP contribution < -0.4 is 5.32 Å². The lowest BCUT2D eigenvalue weighted by Gasteiger charge is -2.20. The Morgan fingerprint density at radius 3 is 2.33 bits per heavy atom. The molecule has 0 spiro atoms. The standard InChI is InChI=1S/C9H17NO4S/c1-9(2,3)14-7(11)4-10-6(5-15)8(12)13/h6,10,15H,4-5H2,1-3H3,(H,12,13)/t6-/m0/s1.